The molecule has 1 spiro atoms. The number of nitrogens with one attached hydrogen (secondary N) is 1. The van der Waals surface area contributed by atoms with Crippen molar-refractivity contribution in [2.75, 3.05) is 0 Å². The van der Waals surface area contributed by atoms with Crippen molar-refractivity contribution in [3.8, 4) is 0 Å². The molecule has 20 heavy (non-hydrogen) atoms. The molecule has 1 saturated carbocycles. The van der Waals surface area contributed by atoms with Crippen LogP contribution in [0.3, 0.4) is 0 Å². The summed E-state index contributed by atoms with van der Waals surface area (Å²) >= 11 is 3.39. The van der Waals surface area contributed by atoms with Crippen LogP contribution in [0.2, 0.25) is 0 Å². The van der Waals surface area contributed by atoms with Crippen molar-refractivity contribution < 1.29 is 4.79 Å². The van der Waals surface area contributed by atoms with Gasteiger partial charge in [0.05, 0.1) is 0 Å². The molecule has 5 heteroatoms. The minimum absolute atomic E-state index is 0.0375. The zero-order valence-electron chi connectivity index (χ0n) is 11.3. The first-order chi connectivity index (χ1) is 9.70. The van der Waals surface area contributed by atoms with E-state index in [4.69, 9.17) is 0 Å². The van der Waals surface area contributed by atoms with Crippen molar-refractivity contribution in [3.05, 3.63) is 44.3 Å². The minimum Gasteiger partial charge on any atom is -0.317 e. The molecule has 0 aromatic carbocycles. The average Bonchev–Trinajstić information content (AvgIpc) is 2.79. The van der Waals surface area contributed by atoms with Crippen molar-refractivity contribution in [3.63, 3.8) is 0 Å². The van der Waals surface area contributed by atoms with Gasteiger partial charge in [0, 0.05) is 6.54 Å². The van der Waals surface area contributed by atoms with Crippen LogP contribution < -0.4 is 5.32 Å². The molecule has 1 amide bonds. The smallest absolute Gasteiger partial charge is 0.244 e. The summed E-state index contributed by atoms with van der Waals surface area (Å²) in [6.07, 6.45) is 1.99. The van der Waals surface area contributed by atoms with Gasteiger partial charge >= 0.3 is 0 Å². The molecule has 1 atom stereocenters. The Labute approximate surface area is 126 Å². The first kappa shape index (κ1) is 12.6. The third-order valence-electron chi connectivity index (χ3n) is 4.31. The van der Waals surface area contributed by atoms with Crippen LogP contribution in [0.5, 0.6) is 0 Å². The van der Waals surface area contributed by atoms with Gasteiger partial charge in [-0.3, -0.25) is 10.1 Å². The van der Waals surface area contributed by atoms with Crippen molar-refractivity contribution in [1.82, 2.24) is 10.2 Å². The molecule has 2 aromatic heterocycles. The van der Waals surface area contributed by atoms with E-state index in [0.717, 1.165) is 12.8 Å². The van der Waals surface area contributed by atoms with Crippen LogP contribution in [0.4, 0.5) is 0 Å². The molecule has 2 fully saturated rings. The number of rotatable bonds is 3. The molecule has 2 aromatic rings. The van der Waals surface area contributed by atoms with E-state index in [2.05, 4.69) is 39.8 Å². The second kappa shape index (κ2) is 4.41. The van der Waals surface area contributed by atoms with Crippen LogP contribution >= 0.6 is 22.7 Å². The maximum atomic E-state index is 12.7. The SMILES string of the molecule is Cc1cscc1CN1C(=O)C2(CC2)NC1c1ccsc1. The lowest BCUT2D eigenvalue weighted by Crippen LogP contribution is -2.32. The molecule has 2 aliphatic rings. The molecular formula is C15H16N2OS2. The van der Waals surface area contributed by atoms with Crippen LogP contribution in [0, 0.1) is 6.92 Å². The fraction of sp³-hybridized carbons (Fsp3) is 0.400. The van der Waals surface area contributed by atoms with Crippen molar-refractivity contribution in [1.29, 1.82) is 0 Å². The lowest BCUT2D eigenvalue weighted by atomic mass is 10.2. The lowest BCUT2D eigenvalue weighted by molar-refractivity contribution is -0.131. The summed E-state index contributed by atoms with van der Waals surface area (Å²) in [5.41, 5.74) is 3.50. The number of hydrogen-bond donors (Lipinski definition) is 1. The van der Waals surface area contributed by atoms with Crippen molar-refractivity contribution in [2.45, 2.75) is 38.0 Å². The molecule has 3 nitrogen and oxygen atoms in total. The van der Waals surface area contributed by atoms with Crippen LogP contribution in [0.25, 0.3) is 0 Å². The van der Waals surface area contributed by atoms with E-state index in [-0.39, 0.29) is 17.6 Å². The Kier molecular flexibility index (Phi) is 2.77. The summed E-state index contributed by atoms with van der Waals surface area (Å²) in [5.74, 6) is 0.277. The maximum absolute atomic E-state index is 12.7. The van der Waals surface area contributed by atoms with Gasteiger partial charge in [-0.05, 0) is 64.0 Å². The number of thiophene rings is 2. The molecule has 1 saturated heterocycles. The van der Waals surface area contributed by atoms with Crippen molar-refractivity contribution in [2.24, 2.45) is 0 Å². The Morgan fingerprint density at radius 3 is 2.80 bits per heavy atom. The van der Waals surface area contributed by atoms with E-state index in [1.165, 1.54) is 16.7 Å². The van der Waals surface area contributed by atoms with Gasteiger partial charge in [-0.1, -0.05) is 0 Å². The molecule has 1 unspecified atom stereocenters. The van der Waals surface area contributed by atoms with Gasteiger partial charge in [-0.25, -0.2) is 0 Å². The topological polar surface area (TPSA) is 32.3 Å². The van der Waals surface area contributed by atoms with Gasteiger partial charge < -0.3 is 4.90 Å². The van der Waals surface area contributed by atoms with E-state index >= 15 is 0 Å². The first-order valence-corrected chi connectivity index (χ1v) is 8.71. The normalized spacial score (nSPS) is 23.8. The quantitative estimate of drug-likeness (QED) is 0.944. The van der Waals surface area contributed by atoms with Gasteiger partial charge in [-0.2, -0.15) is 22.7 Å². The number of amides is 1. The lowest BCUT2D eigenvalue weighted by Gasteiger charge is -2.23. The molecular weight excluding hydrogens is 288 g/mol. The highest BCUT2D eigenvalue weighted by atomic mass is 32.1. The number of carbonyl (C=O) groups is 1. The number of nitrogens with zero attached hydrogens (tertiary/aromatic N) is 1. The van der Waals surface area contributed by atoms with E-state index < -0.39 is 0 Å². The molecule has 0 radical (unpaired) electrons. The second-order valence-corrected chi connectivity index (χ2v) is 7.22. The average molecular weight is 304 g/mol. The molecule has 3 heterocycles. The number of carbonyl (C=O) groups excluding carboxylic acids is 1. The molecule has 1 aliphatic carbocycles. The summed E-state index contributed by atoms with van der Waals surface area (Å²) in [4.78, 5) is 14.7. The van der Waals surface area contributed by atoms with Gasteiger partial charge in [0.15, 0.2) is 0 Å². The summed E-state index contributed by atoms with van der Waals surface area (Å²) < 4.78 is 0. The van der Waals surface area contributed by atoms with Crippen LogP contribution in [0.15, 0.2) is 27.6 Å². The van der Waals surface area contributed by atoms with E-state index in [1.54, 1.807) is 22.7 Å². The highest BCUT2D eigenvalue weighted by Gasteiger charge is 2.59. The summed E-state index contributed by atoms with van der Waals surface area (Å²) in [6.45, 7) is 2.83. The second-order valence-electron chi connectivity index (χ2n) is 5.70. The molecule has 1 aliphatic heterocycles. The summed E-state index contributed by atoms with van der Waals surface area (Å²) in [6, 6.07) is 2.12. The Morgan fingerprint density at radius 2 is 2.20 bits per heavy atom. The zero-order chi connectivity index (χ0) is 13.7. The zero-order valence-corrected chi connectivity index (χ0v) is 12.9. The largest absolute Gasteiger partial charge is 0.317 e. The van der Waals surface area contributed by atoms with Crippen LogP contribution in [-0.4, -0.2) is 16.3 Å². The third-order valence-corrected chi connectivity index (χ3v) is 5.92. The predicted octanol–water partition coefficient (Wildman–Crippen LogP) is 3.28. The Hall–Kier alpha value is -1.17. The Bertz CT molecular complexity index is 643. The monoisotopic (exact) mass is 304 g/mol. The summed E-state index contributed by atoms with van der Waals surface area (Å²) in [5, 5.41) is 12.1. The summed E-state index contributed by atoms with van der Waals surface area (Å²) in [7, 11) is 0. The Balaban J connectivity index is 1.67. The van der Waals surface area contributed by atoms with Gasteiger partial charge in [0.25, 0.3) is 0 Å². The maximum Gasteiger partial charge on any atom is 0.244 e. The Morgan fingerprint density at radius 1 is 1.35 bits per heavy atom. The van der Waals surface area contributed by atoms with Gasteiger partial charge in [0.1, 0.15) is 11.7 Å². The fourth-order valence-electron chi connectivity index (χ4n) is 2.87. The fourth-order valence-corrected chi connectivity index (χ4v) is 4.39. The minimum atomic E-state index is -0.253. The molecule has 104 valence electrons. The number of aryl methyl sites for hydroxylation is 1. The highest BCUT2D eigenvalue weighted by molar-refractivity contribution is 7.08. The van der Waals surface area contributed by atoms with E-state index in [0.29, 0.717) is 6.54 Å². The van der Waals surface area contributed by atoms with Gasteiger partial charge in [-0.15, -0.1) is 0 Å². The van der Waals surface area contributed by atoms with Crippen LogP contribution in [-0.2, 0) is 11.3 Å². The van der Waals surface area contributed by atoms with E-state index in [9.17, 15) is 4.79 Å². The van der Waals surface area contributed by atoms with Crippen molar-refractivity contribution >= 4 is 28.6 Å². The predicted molar refractivity (Wildman–Crippen MR) is 81.8 cm³/mol. The highest BCUT2D eigenvalue weighted by Crippen LogP contribution is 2.46. The van der Waals surface area contributed by atoms with Crippen LogP contribution in [0.1, 0.15) is 35.7 Å². The molecule has 0 bridgehead atoms. The van der Waals surface area contributed by atoms with E-state index in [1.807, 2.05) is 4.90 Å². The number of hydrogen-bond acceptors (Lipinski definition) is 4. The standard InChI is InChI=1S/C15H16N2OS2/c1-10-7-20-9-12(10)6-17-13(11-2-5-19-8-11)16-15(3-4-15)14(17)18/h2,5,7-9,13,16H,3-4,6H2,1H3. The molecule has 4 rings (SSSR count). The van der Waals surface area contributed by atoms with Gasteiger partial charge in [0.2, 0.25) is 5.91 Å². The third kappa shape index (κ3) is 1.84. The molecule has 1 N–H and O–H groups in total. The first-order valence-electron chi connectivity index (χ1n) is 6.82.